The number of phenolic OH excluding ortho intramolecular Hbond substituents is 2. The summed E-state index contributed by atoms with van der Waals surface area (Å²) in [5, 5.41) is 26.5. The van der Waals surface area contributed by atoms with E-state index < -0.39 is 11.8 Å². The average molecular weight is 484 g/mol. The molecule has 0 spiro atoms. The topological polar surface area (TPSA) is 123 Å². The summed E-state index contributed by atoms with van der Waals surface area (Å²) in [6.07, 6.45) is 2.27. The van der Waals surface area contributed by atoms with Crippen molar-refractivity contribution in [2.24, 2.45) is 10.2 Å². The third kappa shape index (κ3) is 5.39. The highest BCUT2D eigenvalue weighted by atomic mass is 79.9. The Morgan fingerprint density at radius 1 is 0.808 bits per heavy atom. The molecule has 0 aliphatic rings. The lowest BCUT2D eigenvalue weighted by molar-refractivity contribution is 0.0943. The molecule has 4 N–H and O–H groups in total. The minimum absolute atomic E-state index is 0.0481. The van der Waals surface area contributed by atoms with Crippen LogP contribution in [0.1, 0.15) is 20.7 Å². The van der Waals surface area contributed by atoms with Crippen molar-refractivity contribution >= 4 is 56.1 Å². The van der Waals surface area contributed by atoms with Crippen LogP contribution in [0.15, 0.2) is 55.5 Å². The number of phenols is 2. The minimum Gasteiger partial charge on any atom is -0.507 e. The van der Waals surface area contributed by atoms with Crippen molar-refractivity contribution in [2.45, 2.75) is 0 Å². The third-order valence-corrected chi connectivity index (χ3v) is 3.94. The van der Waals surface area contributed by atoms with Gasteiger partial charge in [0.05, 0.1) is 23.6 Å². The molecular weight excluding hydrogens is 472 g/mol. The highest BCUT2D eigenvalue weighted by molar-refractivity contribution is 9.10. The molecule has 2 rings (SSSR count). The molecule has 0 fully saturated rings. The SMILES string of the molecule is O=C(NN=CC=NNC(=O)c1cc(Br)ccc1O)c1cc(Br)ccc1O. The van der Waals surface area contributed by atoms with Crippen LogP contribution >= 0.6 is 31.9 Å². The van der Waals surface area contributed by atoms with Crippen molar-refractivity contribution in [3.63, 3.8) is 0 Å². The number of aromatic hydroxyl groups is 2. The fourth-order valence-electron chi connectivity index (χ4n) is 1.76. The smallest absolute Gasteiger partial charge is 0.275 e. The van der Waals surface area contributed by atoms with Gasteiger partial charge < -0.3 is 10.2 Å². The molecule has 0 heterocycles. The molecule has 2 amide bonds. The molecule has 2 aromatic carbocycles. The molecule has 8 nitrogen and oxygen atoms in total. The second-order valence-electron chi connectivity index (χ2n) is 4.76. The number of carbonyl (C=O) groups is 2. The van der Waals surface area contributed by atoms with Crippen molar-refractivity contribution in [3.05, 3.63) is 56.5 Å². The lowest BCUT2D eigenvalue weighted by Crippen LogP contribution is -2.19. The lowest BCUT2D eigenvalue weighted by atomic mass is 10.2. The Balaban J connectivity index is 1.88. The van der Waals surface area contributed by atoms with Gasteiger partial charge in [0.15, 0.2) is 0 Å². The van der Waals surface area contributed by atoms with Crippen LogP contribution in [0, 0.1) is 0 Å². The predicted octanol–water partition coefficient (Wildman–Crippen LogP) is 2.75. The van der Waals surface area contributed by atoms with Crippen LogP contribution in [0.2, 0.25) is 0 Å². The molecule has 0 bridgehead atoms. The van der Waals surface area contributed by atoms with E-state index in [1.165, 1.54) is 24.3 Å². The standard InChI is InChI=1S/C16H12Br2N4O4/c17-9-1-3-13(23)11(7-9)15(25)21-19-5-6-20-22-16(26)12-8-10(18)2-4-14(12)24/h1-8,23-24H,(H,21,25)(H,22,26). The van der Waals surface area contributed by atoms with Gasteiger partial charge in [-0.15, -0.1) is 0 Å². The number of halogens is 2. The highest BCUT2D eigenvalue weighted by Crippen LogP contribution is 2.22. The minimum atomic E-state index is -0.614. The zero-order chi connectivity index (χ0) is 19.1. The fraction of sp³-hybridized carbons (Fsp3) is 0. The molecule has 134 valence electrons. The third-order valence-electron chi connectivity index (χ3n) is 2.95. The summed E-state index contributed by atoms with van der Waals surface area (Å²) in [7, 11) is 0. The van der Waals surface area contributed by atoms with E-state index in [2.05, 4.69) is 52.9 Å². The Kier molecular flexibility index (Phi) is 6.87. The lowest BCUT2D eigenvalue weighted by Gasteiger charge is -2.03. The monoisotopic (exact) mass is 482 g/mol. The van der Waals surface area contributed by atoms with Gasteiger partial charge in [-0.2, -0.15) is 10.2 Å². The predicted molar refractivity (Wildman–Crippen MR) is 104 cm³/mol. The molecule has 0 unspecified atom stereocenters. The summed E-state index contributed by atoms with van der Waals surface area (Å²) in [4.78, 5) is 23.7. The first kappa shape index (κ1) is 19.6. The summed E-state index contributed by atoms with van der Waals surface area (Å²) in [6.45, 7) is 0. The van der Waals surface area contributed by atoms with Gasteiger partial charge >= 0.3 is 0 Å². The Labute approximate surface area is 164 Å². The maximum Gasteiger partial charge on any atom is 0.275 e. The Morgan fingerprint density at radius 2 is 1.19 bits per heavy atom. The van der Waals surface area contributed by atoms with E-state index in [-0.39, 0.29) is 22.6 Å². The van der Waals surface area contributed by atoms with E-state index in [4.69, 9.17) is 0 Å². The molecule has 0 radical (unpaired) electrons. The van der Waals surface area contributed by atoms with Crippen molar-refractivity contribution in [3.8, 4) is 11.5 Å². The summed E-state index contributed by atoms with van der Waals surface area (Å²) in [5.74, 6) is -1.60. The maximum atomic E-state index is 11.9. The molecule has 0 aliphatic heterocycles. The Bertz CT molecular complexity index is 826. The first-order valence-electron chi connectivity index (χ1n) is 7.01. The zero-order valence-electron chi connectivity index (χ0n) is 13.0. The highest BCUT2D eigenvalue weighted by Gasteiger charge is 2.11. The summed E-state index contributed by atoms with van der Waals surface area (Å²) >= 11 is 6.40. The molecule has 0 atom stereocenters. The number of benzene rings is 2. The van der Waals surface area contributed by atoms with E-state index in [1.807, 2.05) is 0 Å². The summed E-state index contributed by atoms with van der Waals surface area (Å²) < 4.78 is 1.26. The second-order valence-corrected chi connectivity index (χ2v) is 6.59. The van der Waals surface area contributed by atoms with Crippen LogP contribution in [-0.2, 0) is 0 Å². The normalized spacial score (nSPS) is 11.0. The summed E-state index contributed by atoms with van der Waals surface area (Å²) in [6, 6.07) is 8.81. The second kappa shape index (κ2) is 9.11. The largest absolute Gasteiger partial charge is 0.507 e. The molecule has 26 heavy (non-hydrogen) atoms. The fourth-order valence-corrected chi connectivity index (χ4v) is 2.48. The quantitative estimate of drug-likeness (QED) is 0.385. The van der Waals surface area contributed by atoms with Crippen molar-refractivity contribution < 1.29 is 19.8 Å². The van der Waals surface area contributed by atoms with Crippen LogP contribution in [0.25, 0.3) is 0 Å². The first-order chi connectivity index (χ1) is 12.4. The van der Waals surface area contributed by atoms with Gasteiger partial charge in [0, 0.05) is 8.95 Å². The number of rotatable bonds is 5. The van der Waals surface area contributed by atoms with Crippen molar-refractivity contribution in [1.29, 1.82) is 0 Å². The number of carbonyl (C=O) groups excluding carboxylic acids is 2. The number of nitrogens with zero attached hydrogens (tertiary/aromatic N) is 2. The number of hydrogen-bond acceptors (Lipinski definition) is 6. The average Bonchev–Trinajstić information content (AvgIpc) is 2.61. The van der Waals surface area contributed by atoms with Gasteiger partial charge in [-0.05, 0) is 36.4 Å². The van der Waals surface area contributed by atoms with Gasteiger partial charge in [-0.25, -0.2) is 10.9 Å². The van der Waals surface area contributed by atoms with Gasteiger partial charge in [0.2, 0.25) is 0 Å². The summed E-state index contributed by atoms with van der Waals surface area (Å²) in [5.41, 5.74) is 4.50. The van der Waals surface area contributed by atoms with E-state index in [1.54, 1.807) is 12.1 Å². The van der Waals surface area contributed by atoms with E-state index in [9.17, 15) is 19.8 Å². The van der Waals surface area contributed by atoms with Crippen LogP contribution in [0.5, 0.6) is 11.5 Å². The van der Waals surface area contributed by atoms with E-state index in [0.717, 1.165) is 12.4 Å². The Morgan fingerprint density at radius 3 is 1.58 bits per heavy atom. The molecule has 10 heteroatoms. The number of hydrazone groups is 2. The van der Waals surface area contributed by atoms with Crippen molar-refractivity contribution in [1.82, 2.24) is 10.9 Å². The van der Waals surface area contributed by atoms with Crippen LogP contribution in [-0.4, -0.2) is 34.5 Å². The molecule has 0 aromatic heterocycles. The zero-order valence-corrected chi connectivity index (χ0v) is 16.2. The molecular formula is C16H12Br2N4O4. The van der Waals surface area contributed by atoms with Gasteiger partial charge in [0.1, 0.15) is 11.5 Å². The number of amides is 2. The molecule has 0 saturated heterocycles. The van der Waals surface area contributed by atoms with Crippen molar-refractivity contribution in [2.75, 3.05) is 0 Å². The van der Waals surface area contributed by atoms with E-state index in [0.29, 0.717) is 8.95 Å². The van der Waals surface area contributed by atoms with Gasteiger partial charge in [-0.3, -0.25) is 9.59 Å². The maximum absolute atomic E-state index is 11.9. The number of nitrogens with one attached hydrogen (secondary N) is 2. The molecule has 0 aliphatic carbocycles. The number of hydrogen-bond donors (Lipinski definition) is 4. The van der Waals surface area contributed by atoms with Crippen LogP contribution in [0.3, 0.4) is 0 Å². The first-order valence-corrected chi connectivity index (χ1v) is 8.59. The van der Waals surface area contributed by atoms with Gasteiger partial charge in [0.25, 0.3) is 11.8 Å². The van der Waals surface area contributed by atoms with E-state index >= 15 is 0 Å². The Hall–Kier alpha value is -2.72. The van der Waals surface area contributed by atoms with Gasteiger partial charge in [-0.1, -0.05) is 31.9 Å². The molecule has 0 saturated carbocycles. The van der Waals surface area contributed by atoms with Crippen LogP contribution in [0.4, 0.5) is 0 Å². The molecule has 2 aromatic rings. The van der Waals surface area contributed by atoms with Crippen LogP contribution < -0.4 is 10.9 Å².